The molecule has 1 aromatic carbocycles. The van der Waals surface area contributed by atoms with Crippen LogP contribution in [0.2, 0.25) is 0 Å². The average molecular weight is 251 g/mol. The zero-order valence-electron chi connectivity index (χ0n) is 9.87. The van der Waals surface area contributed by atoms with Gasteiger partial charge in [-0.1, -0.05) is 12.1 Å². The Bertz CT molecular complexity index is 401. The standard InChI is InChI=1S/C11H17N5S/c1-7(15-11(14)16-10(12)13)8-3-5-9(17-2)6-4-8/h3-7H,1-2H3,(H6,12,13,14,15,16). The molecule has 1 atom stereocenters. The highest BCUT2D eigenvalue weighted by molar-refractivity contribution is 7.98. The lowest BCUT2D eigenvalue weighted by Crippen LogP contribution is -2.44. The van der Waals surface area contributed by atoms with Gasteiger partial charge in [-0.05, 0) is 30.9 Å². The van der Waals surface area contributed by atoms with Crippen molar-refractivity contribution in [2.45, 2.75) is 17.9 Å². The van der Waals surface area contributed by atoms with Crippen molar-refractivity contribution in [3.63, 3.8) is 0 Å². The zero-order chi connectivity index (χ0) is 12.8. The molecule has 0 bridgehead atoms. The first-order valence-electron chi connectivity index (χ1n) is 5.13. The van der Waals surface area contributed by atoms with Crippen LogP contribution in [0.5, 0.6) is 0 Å². The predicted octanol–water partition coefficient (Wildman–Crippen LogP) is 1.48. The summed E-state index contributed by atoms with van der Waals surface area (Å²) in [6.07, 6.45) is 2.03. The van der Waals surface area contributed by atoms with E-state index >= 15 is 0 Å². The van der Waals surface area contributed by atoms with E-state index < -0.39 is 0 Å². The van der Waals surface area contributed by atoms with Crippen molar-refractivity contribution in [3.05, 3.63) is 29.8 Å². The molecule has 0 aliphatic rings. The molecular weight excluding hydrogens is 234 g/mol. The minimum atomic E-state index is -0.243. The van der Waals surface area contributed by atoms with Crippen LogP contribution in [0.4, 0.5) is 0 Å². The second kappa shape index (κ2) is 6.15. The molecule has 0 amide bonds. The van der Waals surface area contributed by atoms with Gasteiger partial charge in [0.1, 0.15) is 0 Å². The molecule has 0 saturated heterocycles. The van der Waals surface area contributed by atoms with Crippen molar-refractivity contribution in [1.29, 1.82) is 10.8 Å². The van der Waals surface area contributed by atoms with Crippen LogP contribution in [-0.2, 0) is 0 Å². The highest BCUT2D eigenvalue weighted by atomic mass is 32.2. The van der Waals surface area contributed by atoms with Crippen LogP contribution in [0.25, 0.3) is 0 Å². The lowest BCUT2D eigenvalue weighted by atomic mass is 10.1. The SMILES string of the molecule is CSc1ccc(C(C)NC(=N)NC(=N)N)cc1. The fourth-order valence-corrected chi connectivity index (χ4v) is 1.77. The van der Waals surface area contributed by atoms with E-state index in [0.717, 1.165) is 5.56 Å². The van der Waals surface area contributed by atoms with Gasteiger partial charge in [0, 0.05) is 4.90 Å². The summed E-state index contributed by atoms with van der Waals surface area (Å²) < 4.78 is 0. The summed E-state index contributed by atoms with van der Waals surface area (Å²) in [5.41, 5.74) is 6.22. The van der Waals surface area contributed by atoms with Crippen LogP contribution in [-0.4, -0.2) is 18.2 Å². The van der Waals surface area contributed by atoms with Gasteiger partial charge in [0.2, 0.25) is 0 Å². The van der Waals surface area contributed by atoms with Gasteiger partial charge >= 0.3 is 0 Å². The van der Waals surface area contributed by atoms with E-state index in [2.05, 4.69) is 10.6 Å². The van der Waals surface area contributed by atoms with Gasteiger partial charge in [-0.2, -0.15) is 0 Å². The lowest BCUT2D eigenvalue weighted by molar-refractivity contribution is 0.701. The molecule has 0 aromatic heterocycles. The fraction of sp³-hybridized carbons (Fsp3) is 0.273. The largest absolute Gasteiger partial charge is 0.370 e. The first-order valence-corrected chi connectivity index (χ1v) is 6.35. The van der Waals surface area contributed by atoms with E-state index in [0.29, 0.717) is 0 Å². The normalized spacial score (nSPS) is 11.6. The molecular formula is C11H17N5S. The third kappa shape index (κ3) is 4.36. The molecule has 92 valence electrons. The van der Waals surface area contributed by atoms with Crippen molar-refractivity contribution in [3.8, 4) is 0 Å². The number of nitrogens with one attached hydrogen (secondary N) is 4. The highest BCUT2D eigenvalue weighted by Gasteiger charge is 2.07. The molecule has 0 spiro atoms. The van der Waals surface area contributed by atoms with Crippen molar-refractivity contribution >= 4 is 23.7 Å². The first kappa shape index (κ1) is 13.4. The van der Waals surface area contributed by atoms with Crippen molar-refractivity contribution in [2.75, 3.05) is 6.26 Å². The van der Waals surface area contributed by atoms with E-state index in [4.69, 9.17) is 16.6 Å². The van der Waals surface area contributed by atoms with Crippen LogP contribution >= 0.6 is 11.8 Å². The number of thioether (sulfide) groups is 1. The zero-order valence-corrected chi connectivity index (χ0v) is 10.7. The molecule has 0 radical (unpaired) electrons. The molecule has 0 aliphatic carbocycles. The van der Waals surface area contributed by atoms with E-state index in [1.54, 1.807) is 11.8 Å². The summed E-state index contributed by atoms with van der Waals surface area (Å²) in [4.78, 5) is 1.21. The first-order chi connectivity index (χ1) is 8.02. The summed E-state index contributed by atoms with van der Waals surface area (Å²) >= 11 is 1.69. The van der Waals surface area contributed by atoms with Crippen LogP contribution in [0, 0.1) is 10.8 Å². The molecule has 17 heavy (non-hydrogen) atoms. The molecule has 6 N–H and O–H groups in total. The topological polar surface area (TPSA) is 97.8 Å². The maximum atomic E-state index is 7.53. The van der Waals surface area contributed by atoms with Crippen LogP contribution in [0.15, 0.2) is 29.2 Å². The van der Waals surface area contributed by atoms with Gasteiger partial charge in [-0.15, -0.1) is 11.8 Å². The monoisotopic (exact) mass is 251 g/mol. The van der Waals surface area contributed by atoms with Gasteiger partial charge in [-0.25, -0.2) is 0 Å². The fourth-order valence-electron chi connectivity index (χ4n) is 1.36. The van der Waals surface area contributed by atoms with Crippen molar-refractivity contribution in [1.82, 2.24) is 10.6 Å². The number of hydrogen-bond donors (Lipinski definition) is 5. The van der Waals surface area contributed by atoms with E-state index in [-0.39, 0.29) is 18.0 Å². The molecule has 1 rings (SSSR count). The van der Waals surface area contributed by atoms with E-state index in [9.17, 15) is 0 Å². The number of guanidine groups is 2. The molecule has 0 aliphatic heterocycles. The summed E-state index contributed by atoms with van der Waals surface area (Å²) in [5, 5.41) is 19.8. The van der Waals surface area contributed by atoms with E-state index in [1.165, 1.54) is 4.90 Å². The molecule has 6 heteroatoms. The Morgan fingerprint density at radius 1 is 1.29 bits per heavy atom. The van der Waals surface area contributed by atoms with Crippen LogP contribution in [0.3, 0.4) is 0 Å². The predicted molar refractivity (Wildman–Crippen MR) is 72.6 cm³/mol. The summed E-state index contributed by atoms with van der Waals surface area (Å²) in [7, 11) is 0. The van der Waals surface area contributed by atoms with Crippen molar-refractivity contribution < 1.29 is 0 Å². The summed E-state index contributed by atoms with van der Waals surface area (Å²) in [6, 6.07) is 8.11. The maximum absolute atomic E-state index is 7.53. The van der Waals surface area contributed by atoms with Gasteiger partial charge in [0.05, 0.1) is 6.04 Å². The minimum absolute atomic E-state index is 0.00902. The smallest absolute Gasteiger partial charge is 0.195 e. The molecule has 0 fully saturated rings. The van der Waals surface area contributed by atoms with Crippen molar-refractivity contribution in [2.24, 2.45) is 5.73 Å². The molecule has 1 aromatic rings. The minimum Gasteiger partial charge on any atom is -0.370 e. The molecule has 0 heterocycles. The van der Waals surface area contributed by atoms with E-state index in [1.807, 2.05) is 37.4 Å². The van der Waals surface area contributed by atoms with Gasteiger partial charge < -0.3 is 11.1 Å². The Hall–Kier alpha value is -1.69. The highest BCUT2D eigenvalue weighted by Crippen LogP contribution is 2.18. The number of nitrogens with two attached hydrogens (primary N) is 1. The number of rotatable bonds is 3. The lowest BCUT2D eigenvalue weighted by Gasteiger charge is -2.16. The summed E-state index contributed by atoms with van der Waals surface area (Å²) in [5.74, 6) is -0.216. The Balaban J connectivity index is 2.59. The second-order valence-electron chi connectivity index (χ2n) is 3.55. The van der Waals surface area contributed by atoms with Gasteiger partial charge in [0.25, 0.3) is 0 Å². The Labute approximate surface area is 105 Å². The van der Waals surface area contributed by atoms with Gasteiger partial charge in [0.15, 0.2) is 11.9 Å². The second-order valence-corrected chi connectivity index (χ2v) is 4.43. The third-order valence-electron chi connectivity index (χ3n) is 2.24. The molecule has 5 nitrogen and oxygen atoms in total. The molecule has 0 saturated carbocycles. The van der Waals surface area contributed by atoms with Crippen LogP contribution in [0.1, 0.15) is 18.5 Å². The quantitative estimate of drug-likeness (QED) is 0.319. The molecule has 1 unspecified atom stereocenters. The third-order valence-corrected chi connectivity index (χ3v) is 2.98. The Kier molecular flexibility index (Phi) is 4.84. The summed E-state index contributed by atoms with van der Waals surface area (Å²) in [6.45, 7) is 1.95. The number of benzene rings is 1. The Morgan fingerprint density at radius 2 is 1.88 bits per heavy atom. The number of hydrogen-bond acceptors (Lipinski definition) is 3. The maximum Gasteiger partial charge on any atom is 0.195 e. The van der Waals surface area contributed by atoms with Gasteiger partial charge in [-0.3, -0.25) is 16.1 Å². The Morgan fingerprint density at radius 3 is 2.35 bits per heavy atom. The van der Waals surface area contributed by atoms with Crippen LogP contribution < -0.4 is 16.4 Å². The average Bonchev–Trinajstić information content (AvgIpc) is 2.28.